The number of rotatable bonds is 4. The van der Waals surface area contributed by atoms with Gasteiger partial charge >= 0.3 is 0 Å². The van der Waals surface area contributed by atoms with Gasteiger partial charge in [-0.2, -0.15) is 0 Å². The number of nitrogens with one attached hydrogen (secondary N) is 1. The number of anilines is 2. The molecule has 2 aromatic carbocycles. The first kappa shape index (κ1) is 20.8. The number of aliphatic hydroxyl groups is 1. The van der Waals surface area contributed by atoms with Crippen LogP contribution >= 0.6 is 0 Å². The smallest absolute Gasteiger partial charge is 0.140 e. The fourth-order valence-corrected chi connectivity index (χ4v) is 6.60. The summed E-state index contributed by atoms with van der Waals surface area (Å²) in [6.45, 7) is 4.62. The van der Waals surface area contributed by atoms with Crippen molar-refractivity contribution in [2.45, 2.75) is 56.2 Å². The Morgan fingerprint density at radius 1 is 1.15 bits per heavy atom. The molecule has 0 radical (unpaired) electrons. The van der Waals surface area contributed by atoms with Gasteiger partial charge in [0, 0.05) is 29.8 Å². The minimum absolute atomic E-state index is 0.0422. The summed E-state index contributed by atoms with van der Waals surface area (Å²) in [5, 5.41) is 14.3. The first-order chi connectivity index (χ1) is 16.1. The van der Waals surface area contributed by atoms with Crippen LogP contribution in [0.15, 0.2) is 54.9 Å². The zero-order valence-corrected chi connectivity index (χ0v) is 19.0. The standard InChI is InChI=1S/C27H31N5O/c1-17-12-21(33)25-23(17)26(31-16-30-25)32-20-9-5-8-19(14-28)24(20)27(10-11-29-15-27)22(32)13-18-6-3-2-4-7-18/h2-9,16-17,21-22,29,33H,10-15,28H2,1H3/t17-,21-,22-,27+/m1/s1. The molecular formula is C27H31N5O. The van der Waals surface area contributed by atoms with E-state index in [1.807, 2.05) is 0 Å². The fourth-order valence-electron chi connectivity index (χ4n) is 6.60. The maximum absolute atomic E-state index is 10.7. The number of aliphatic hydroxyl groups excluding tert-OH is 1. The molecule has 1 saturated heterocycles. The molecule has 1 fully saturated rings. The number of benzene rings is 2. The maximum atomic E-state index is 10.7. The van der Waals surface area contributed by atoms with E-state index in [2.05, 4.69) is 70.7 Å². The molecule has 6 heteroatoms. The Morgan fingerprint density at radius 2 is 2.00 bits per heavy atom. The average Bonchev–Trinajstić information content (AvgIpc) is 3.51. The van der Waals surface area contributed by atoms with Crippen LogP contribution in [-0.2, 0) is 18.4 Å². The lowest BCUT2D eigenvalue weighted by Crippen LogP contribution is -2.46. The molecule has 170 valence electrons. The van der Waals surface area contributed by atoms with Gasteiger partial charge in [-0.1, -0.05) is 49.4 Å². The largest absolute Gasteiger partial charge is 0.387 e. The number of fused-ring (bicyclic) bond motifs is 3. The highest BCUT2D eigenvalue weighted by Gasteiger charge is 2.54. The summed E-state index contributed by atoms with van der Waals surface area (Å²) in [4.78, 5) is 11.8. The normalized spacial score (nSPS) is 27.8. The molecule has 4 N–H and O–H groups in total. The lowest BCUT2D eigenvalue weighted by Gasteiger charge is -2.37. The zero-order chi connectivity index (χ0) is 22.6. The minimum atomic E-state index is -0.524. The Bertz CT molecular complexity index is 1170. The van der Waals surface area contributed by atoms with Gasteiger partial charge in [0.05, 0.1) is 17.8 Å². The van der Waals surface area contributed by atoms with Crippen molar-refractivity contribution in [1.82, 2.24) is 15.3 Å². The van der Waals surface area contributed by atoms with Crippen molar-refractivity contribution in [1.29, 1.82) is 0 Å². The number of hydrogen-bond donors (Lipinski definition) is 3. The number of nitrogens with two attached hydrogens (primary N) is 1. The van der Waals surface area contributed by atoms with Crippen molar-refractivity contribution in [2.75, 3.05) is 18.0 Å². The average molecular weight is 442 g/mol. The van der Waals surface area contributed by atoms with E-state index in [1.165, 1.54) is 22.4 Å². The maximum Gasteiger partial charge on any atom is 0.140 e. The van der Waals surface area contributed by atoms with Crippen LogP contribution < -0.4 is 16.0 Å². The number of hydrogen-bond acceptors (Lipinski definition) is 6. The van der Waals surface area contributed by atoms with Crippen LogP contribution in [0.4, 0.5) is 11.5 Å². The van der Waals surface area contributed by atoms with Gasteiger partial charge in [0.25, 0.3) is 0 Å². The second-order valence-electron chi connectivity index (χ2n) is 9.82. The molecule has 3 aromatic rings. The molecule has 1 spiro atoms. The van der Waals surface area contributed by atoms with Crippen molar-refractivity contribution < 1.29 is 5.11 Å². The summed E-state index contributed by atoms with van der Waals surface area (Å²) in [6, 6.07) is 17.5. The molecule has 6 nitrogen and oxygen atoms in total. The Kier molecular flexibility index (Phi) is 4.98. The van der Waals surface area contributed by atoms with E-state index < -0.39 is 6.10 Å². The van der Waals surface area contributed by atoms with Gasteiger partial charge in [-0.25, -0.2) is 9.97 Å². The lowest BCUT2D eigenvalue weighted by atomic mass is 9.72. The molecule has 3 aliphatic rings. The Balaban J connectivity index is 1.60. The van der Waals surface area contributed by atoms with Crippen LogP contribution in [0.3, 0.4) is 0 Å². The topological polar surface area (TPSA) is 87.3 Å². The predicted octanol–water partition coefficient (Wildman–Crippen LogP) is 3.47. The summed E-state index contributed by atoms with van der Waals surface area (Å²) in [5.74, 6) is 1.16. The van der Waals surface area contributed by atoms with Gasteiger partial charge in [0.15, 0.2) is 0 Å². The van der Waals surface area contributed by atoms with Crippen molar-refractivity contribution in [3.63, 3.8) is 0 Å². The summed E-state index contributed by atoms with van der Waals surface area (Å²) >= 11 is 0. The van der Waals surface area contributed by atoms with Crippen molar-refractivity contribution in [3.8, 4) is 0 Å². The van der Waals surface area contributed by atoms with E-state index >= 15 is 0 Å². The molecule has 2 aliphatic heterocycles. The highest BCUT2D eigenvalue weighted by molar-refractivity contribution is 5.77. The van der Waals surface area contributed by atoms with E-state index in [1.54, 1.807) is 6.33 Å². The van der Waals surface area contributed by atoms with E-state index in [4.69, 9.17) is 10.7 Å². The van der Waals surface area contributed by atoms with Gasteiger partial charge in [-0.05, 0) is 54.5 Å². The molecule has 4 atom stereocenters. The van der Waals surface area contributed by atoms with Gasteiger partial charge < -0.3 is 21.1 Å². The monoisotopic (exact) mass is 441 g/mol. The zero-order valence-electron chi connectivity index (χ0n) is 19.0. The molecule has 0 saturated carbocycles. The Morgan fingerprint density at radius 3 is 2.76 bits per heavy atom. The molecule has 3 heterocycles. The first-order valence-corrected chi connectivity index (χ1v) is 12.0. The van der Waals surface area contributed by atoms with Gasteiger partial charge in [0.1, 0.15) is 12.1 Å². The van der Waals surface area contributed by atoms with Gasteiger partial charge in [0.2, 0.25) is 0 Å². The van der Waals surface area contributed by atoms with Crippen molar-refractivity contribution >= 4 is 11.5 Å². The van der Waals surface area contributed by atoms with Gasteiger partial charge in [-0.3, -0.25) is 0 Å². The van der Waals surface area contributed by atoms with Crippen LogP contribution in [0.25, 0.3) is 0 Å². The molecule has 0 amide bonds. The summed E-state index contributed by atoms with van der Waals surface area (Å²) < 4.78 is 0. The fraction of sp³-hybridized carbons (Fsp3) is 0.407. The molecule has 0 bridgehead atoms. The summed E-state index contributed by atoms with van der Waals surface area (Å²) in [5.41, 5.74) is 13.2. The predicted molar refractivity (Wildman–Crippen MR) is 130 cm³/mol. The third kappa shape index (κ3) is 3.05. The van der Waals surface area contributed by atoms with Crippen molar-refractivity contribution in [2.24, 2.45) is 5.73 Å². The van der Waals surface area contributed by atoms with Crippen LogP contribution in [-0.4, -0.2) is 34.2 Å². The summed E-state index contributed by atoms with van der Waals surface area (Å²) in [6.07, 6.45) is 3.77. The quantitative estimate of drug-likeness (QED) is 0.575. The van der Waals surface area contributed by atoms with E-state index in [-0.39, 0.29) is 17.4 Å². The highest BCUT2D eigenvalue weighted by atomic mass is 16.3. The lowest BCUT2D eigenvalue weighted by molar-refractivity contribution is 0.170. The SMILES string of the molecule is C[C@@H]1C[C@@H](O)c2ncnc(N3c4cccc(CN)c4[C@]4(CCNC4)[C@H]3Cc3ccccc3)c21. The van der Waals surface area contributed by atoms with Crippen LogP contribution in [0, 0.1) is 0 Å². The molecule has 6 rings (SSSR count). The molecule has 0 unspecified atom stereocenters. The molecule has 1 aromatic heterocycles. The molecule has 1 aliphatic carbocycles. The number of nitrogens with zero attached hydrogens (tertiary/aromatic N) is 3. The summed E-state index contributed by atoms with van der Waals surface area (Å²) in [7, 11) is 0. The second kappa shape index (κ2) is 7.90. The Hall–Kier alpha value is -2.80. The third-order valence-corrected chi connectivity index (χ3v) is 8.02. The van der Waals surface area contributed by atoms with E-state index in [0.717, 1.165) is 43.0 Å². The van der Waals surface area contributed by atoms with Gasteiger partial charge in [-0.15, -0.1) is 0 Å². The second-order valence-corrected chi connectivity index (χ2v) is 9.82. The molecular weight excluding hydrogens is 410 g/mol. The Labute approximate surface area is 194 Å². The highest BCUT2D eigenvalue weighted by Crippen LogP contribution is 2.55. The van der Waals surface area contributed by atoms with E-state index in [0.29, 0.717) is 13.0 Å². The minimum Gasteiger partial charge on any atom is -0.387 e. The van der Waals surface area contributed by atoms with E-state index in [9.17, 15) is 5.11 Å². The van der Waals surface area contributed by atoms with Crippen molar-refractivity contribution in [3.05, 3.63) is 82.8 Å². The van der Waals surface area contributed by atoms with Crippen LogP contribution in [0.2, 0.25) is 0 Å². The van der Waals surface area contributed by atoms with Crippen LogP contribution in [0.1, 0.15) is 59.7 Å². The third-order valence-electron chi connectivity index (χ3n) is 8.02. The first-order valence-electron chi connectivity index (χ1n) is 12.0. The molecule has 33 heavy (non-hydrogen) atoms. The number of aromatic nitrogens is 2. The van der Waals surface area contributed by atoms with Crippen LogP contribution in [0.5, 0.6) is 0 Å².